The van der Waals surface area contributed by atoms with E-state index in [-0.39, 0.29) is 0 Å². The van der Waals surface area contributed by atoms with Gasteiger partial charge in [0.05, 0.1) is 23.6 Å². The van der Waals surface area contributed by atoms with Crippen molar-refractivity contribution < 1.29 is 4.74 Å². The van der Waals surface area contributed by atoms with E-state index in [2.05, 4.69) is 17.0 Å². The maximum absolute atomic E-state index is 5.12. The van der Waals surface area contributed by atoms with Crippen LogP contribution in [0, 0.1) is 0 Å². The maximum Gasteiger partial charge on any atom is 0.119 e. The van der Waals surface area contributed by atoms with E-state index in [9.17, 15) is 0 Å². The number of methoxy groups -OCH3 is 1. The summed E-state index contributed by atoms with van der Waals surface area (Å²) in [6.45, 7) is 3.61. The summed E-state index contributed by atoms with van der Waals surface area (Å²) in [5.41, 5.74) is 1.98. The molecule has 5 heteroatoms. The molecule has 0 aliphatic carbocycles. The number of aliphatic imine (C=N–C) groups is 1. The van der Waals surface area contributed by atoms with Crippen LogP contribution in [0.5, 0.6) is 5.75 Å². The summed E-state index contributed by atoms with van der Waals surface area (Å²) in [5.74, 6) is 1.63. The van der Waals surface area contributed by atoms with Crippen molar-refractivity contribution in [1.29, 1.82) is 0 Å². The fraction of sp³-hybridized carbons (Fsp3) is 0.133. The van der Waals surface area contributed by atoms with Crippen LogP contribution in [-0.2, 0) is 0 Å². The lowest BCUT2D eigenvalue weighted by atomic mass is 10.3. The van der Waals surface area contributed by atoms with E-state index in [1.54, 1.807) is 30.2 Å². The molecule has 1 N–H and O–H groups in total. The van der Waals surface area contributed by atoms with Gasteiger partial charge in [-0.1, -0.05) is 6.07 Å². The van der Waals surface area contributed by atoms with E-state index in [0.29, 0.717) is 0 Å². The molecule has 0 atom stereocenters. The highest BCUT2D eigenvalue weighted by Crippen LogP contribution is 2.24. The molecule has 0 saturated heterocycles. The maximum atomic E-state index is 5.12. The van der Waals surface area contributed by atoms with E-state index in [1.807, 2.05) is 47.2 Å². The van der Waals surface area contributed by atoms with E-state index in [1.165, 1.54) is 0 Å². The zero-order valence-corrected chi connectivity index (χ0v) is 12.8. The molecule has 3 nitrogen and oxygen atoms in total. The van der Waals surface area contributed by atoms with E-state index < -0.39 is 0 Å². The lowest BCUT2D eigenvalue weighted by Gasteiger charge is -2.05. The van der Waals surface area contributed by atoms with Crippen molar-refractivity contribution in [3.63, 3.8) is 0 Å². The van der Waals surface area contributed by atoms with Gasteiger partial charge in [0.1, 0.15) is 5.75 Å². The Morgan fingerprint density at radius 3 is 2.80 bits per heavy atom. The monoisotopic (exact) mass is 304 g/mol. The van der Waals surface area contributed by atoms with Crippen molar-refractivity contribution in [3.8, 4) is 5.75 Å². The number of thioether (sulfide) groups is 1. The molecule has 0 aliphatic rings. The van der Waals surface area contributed by atoms with Gasteiger partial charge in [-0.15, -0.1) is 23.1 Å². The SMILES string of the molecule is C=N/C(=C\SCNc1ccc(OC)cc1)c1cccs1. The van der Waals surface area contributed by atoms with Crippen LogP contribution in [-0.4, -0.2) is 19.7 Å². The Morgan fingerprint density at radius 1 is 1.40 bits per heavy atom. The first-order valence-electron chi connectivity index (χ1n) is 6.04. The van der Waals surface area contributed by atoms with Gasteiger partial charge in [-0.3, -0.25) is 4.99 Å². The first-order chi connectivity index (χ1) is 9.83. The van der Waals surface area contributed by atoms with Gasteiger partial charge in [0, 0.05) is 5.69 Å². The summed E-state index contributed by atoms with van der Waals surface area (Å²) in [5, 5.41) is 7.38. The summed E-state index contributed by atoms with van der Waals surface area (Å²) >= 11 is 3.32. The molecule has 20 heavy (non-hydrogen) atoms. The molecule has 1 aromatic heterocycles. The van der Waals surface area contributed by atoms with E-state index in [4.69, 9.17) is 4.74 Å². The Bertz CT molecular complexity index is 562. The highest BCUT2D eigenvalue weighted by molar-refractivity contribution is 8.02. The topological polar surface area (TPSA) is 33.6 Å². The molecule has 0 saturated carbocycles. The van der Waals surface area contributed by atoms with Crippen LogP contribution in [0.2, 0.25) is 0 Å². The first kappa shape index (κ1) is 14.7. The highest BCUT2D eigenvalue weighted by Gasteiger charge is 1.99. The van der Waals surface area contributed by atoms with Crippen LogP contribution in [0.15, 0.2) is 52.2 Å². The van der Waals surface area contributed by atoms with Gasteiger partial charge in [-0.2, -0.15) is 0 Å². The smallest absolute Gasteiger partial charge is 0.119 e. The quantitative estimate of drug-likeness (QED) is 0.462. The summed E-state index contributed by atoms with van der Waals surface area (Å²) in [4.78, 5) is 5.19. The van der Waals surface area contributed by atoms with Gasteiger partial charge in [0.25, 0.3) is 0 Å². The molecule has 104 valence electrons. The average molecular weight is 304 g/mol. The molecule has 0 spiro atoms. The van der Waals surface area contributed by atoms with Crippen LogP contribution in [0.25, 0.3) is 5.70 Å². The second-order valence-electron chi connectivity index (χ2n) is 3.85. The normalized spacial score (nSPS) is 11.2. The molecule has 1 heterocycles. The third-order valence-electron chi connectivity index (χ3n) is 2.59. The molecular formula is C15H16N2OS2. The molecular weight excluding hydrogens is 288 g/mol. The second-order valence-corrected chi connectivity index (χ2v) is 5.66. The number of thiophene rings is 1. The lowest BCUT2D eigenvalue weighted by Crippen LogP contribution is -1.96. The van der Waals surface area contributed by atoms with Crippen LogP contribution < -0.4 is 10.1 Å². The minimum atomic E-state index is 0.775. The van der Waals surface area contributed by atoms with Crippen molar-refractivity contribution in [2.24, 2.45) is 4.99 Å². The Hall–Kier alpha value is -1.72. The predicted octanol–water partition coefficient (Wildman–Crippen LogP) is 4.56. The molecule has 0 unspecified atom stereocenters. The number of benzene rings is 1. The average Bonchev–Trinajstić information content (AvgIpc) is 3.02. The number of hydrogen-bond acceptors (Lipinski definition) is 5. The minimum absolute atomic E-state index is 0.775. The van der Waals surface area contributed by atoms with E-state index >= 15 is 0 Å². The van der Waals surface area contributed by atoms with Gasteiger partial charge < -0.3 is 10.1 Å². The van der Waals surface area contributed by atoms with Crippen LogP contribution in [0.4, 0.5) is 5.69 Å². The van der Waals surface area contributed by atoms with Crippen LogP contribution in [0.3, 0.4) is 0 Å². The number of rotatable bonds is 7. The lowest BCUT2D eigenvalue weighted by molar-refractivity contribution is 0.415. The molecule has 0 bridgehead atoms. The fourth-order valence-electron chi connectivity index (χ4n) is 1.55. The minimum Gasteiger partial charge on any atom is -0.497 e. The summed E-state index contributed by atoms with van der Waals surface area (Å²) in [7, 11) is 1.66. The molecule has 1 aromatic carbocycles. The number of nitrogens with one attached hydrogen (secondary N) is 1. The Labute approximate surface area is 127 Å². The largest absolute Gasteiger partial charge is 0.497 e. The molecule has 0 radical (unpaired) electrons. The highest BCUT2D eigenvalue weighted by atomic mass is 32.2. The zero-order valence-electron chi connectivity index (χ0n) is 11.2. The number of nitrogens with zero attached hydrogens (tertiary/aromatic N) is 1. The van der Waals surface area contributed by atoms with Crippen molar-refractivity contribution in [2.75, 3.05) is 18.3 Å². The van der Waals surface area contributed by atoms with Gasteiger partial charge >= 0.3 is 0 Å². The van der Waals surface area contributed by atoms with Gasteiger partial charge in [-0.25, -0.2) is 0 Å². The van der Waals surface area contributed by atoms with Crippen molar-refractivity contribution in [1.82, 2.24) is 0 Å². The van der Waals surface area contributed by atoms with Gasteiger partial charge in [0.2, 0.25) is 0 Å². The second kappa shape index (κ2) is 7.77. The summed E-state index contributed by atoms with van der Waals surface area (Å²) < 4.78 is 5.12. The van der Waals surface area contributed by atoms with E-state index in [0.717, 1.165) is 27.9 Å². The first-order valence-corrected chi connectivity index (χ1v) is 7.96. The standard InChI is InChI=1S/C15H16N2OS2/c1-16-14(15-4-3-9-20-15)10-19-11-17-12-5-7-13(18-2)8-6-12/h3-10,17H,1,11H2,2H3/b14-10-. The van der Waals surface area contributed by atoms with Gasteiger partial charge in [0.15, 0.2) is 0 Å². The fourth-order valence-corrected chi connectivity index (χ4v) is 3.02. The van der Waals surface area contributed by atoms with Crippen LogP contribution >= 0.6 is 23.1 Å². The van der Waals surface area contributed by atoms with Crippen molar-refractivity contribution >= 4 is 41.2 Å². The number of hydrogen-bond donors (Lipinski definition) is 1. The Balaban J connectivity index is 1.84. The number of anilines is 1. The summed E-state index contributed by atoms with van der Waals surface area (Å²) in [6, 6.07) is 11.9. The number of ether oxygens (including phenoxy) is 1. The Kier molecular flexibility index (Phi) is 5.70. The van der Waals surface area contributed by atoms with Crippen molar-refractivity contribution in [2.45, 2.75) is 0 Å². The predicted molar refractivity (Wildman–Crippen MR) is 90.9 cm³/mol. The zero-order chi connectivity index (χ0) is 14.2. The van der Waals surface area contributed by atoms with Crippen molar-refractivity contribution in [3.05, 3.63) is 52.1 Å². The molecule has 0 fully saturated rings. The summed E-state index contributed by atoms with van der Waals surface area (Å²) in [6.07, 6.45) is 0. The molecule has 2 rings (SSSR count). The molecule has 0 aliphatic heterocycles. The third-order valence-corrected chi connectivity index (χ3v) is 4.18. The van der Waals surface area contributed by atoms with Crippen LogP contribution in [0.1, 0.15) is 4.88 Å². The third kappa shape index (κ3) is 4.15. The molecule has 0 amide bonds. The Morgan fingerprint density at radius 2 is 2.20 bits per heavy atom. The molecule has 2 aromatic rings. The van der Waals surface area contributed by atoms with Gasteiger partial charge in [-0.05, 0) is 47.8 Å².